The van der Waals surface area contributed by atoms with Crippen LogP contribution in [-0.4, -0.2) is 20.7 Å². The molecule has 1 N–H and O–H groups in total. The Bertz CT molecular complexity index is 930. The first-order valence-electron chi connectivity index (χ1n) is 7.79. The van der Waals surface area contributed by atoms with E-state index in [2.05, 4.69) is 15.4 Å². The zero-order valence-corrected chi connectivity index (χ0v) is 14.1. The van der Waals surface area contributed by atoms with Crippen LogP contribution in [0.25, 0.3) is 11.0 Å². The fourth-order valence-corrected chi connectivity index (χ4v) is 2.58. The lowest BCUT2D eigenvalue weighted by molar-refractivity contribution is 0.102. The summed E-state index contributed by atoms with van der Waals surface area (Å²) in [5.41, 5.74) is 2.68. The first-order valence-corrected chi connectivity index (χ1v) is 7.79. The highest BCUT2D eigenvalue weighted by Crippen LogP contribution is 2.21. The largest absolute Gasteiger partial charge is 0.319 e. The van der Waals surface area contributed by atoms with E-state index in [1.165, 1.54) is 6.07 Å². The van der Waals surface area contributed by atoms with Gasteiger partial charge in [0.15, 0.2) is 5.65 Å². The predicted octanol–water partition coefficient (Wildman–Crippen LogP) is 4.02. The molecule has 0 fully saturated rings. The molecule has 0 aliphatic rings. The van der Waals surface area contributed by atoms with E-state index in [1.807, 2.05) is 18.5 Å². The second-order valence-electron chi connectivity index (χ2n) is 6.15. The first kappa shape index (κ1) is 16.1. The van der Waals surface area contributed by atoms with Crippen molar-refractivity contribution in [2.45, 2.75) is 33.7 Å². The Morgan fingerprint density at radius 2 is 2.00 bits per heavy atom. The van der Waals surface area contributed by atoms with Crippen molar-refractivity contribution >= 4 is 22.6 Å². The van der Waals surface area contributed by atoms with E-state index in [4.69, 9.17) is 0 Å². The number of halogens is 1. The van der Waals surface area contributed by atoms with Gasteiger partial charge in [-0.05, 0) is 51.5 Å². The van der Waals surface area contributed by atoms with E-state index in [1.54, 1.807) is 38.2 Å². The van der Waals surface area contributed by atoms with Crippen LogP contribution in [0.5, 0.6) is 0 Å². The van der Waals surface area contributed by atoms with Gasteiger partial charge in [0.25, 0.3) is 5.91 Å². The Hall–Kier alpha value is -2.76. The van der Waals surface area contributed by atoms with Gasteiger partial charge in [-0.1, -0.05) is 6.07 Å². The maximum absolute atomic E-state index is 13.9. The highest BCUT2D eigenvalue weighted by atomic mass is 19.1. The molecule has 2 aromatic heterocycles. The highest BCUT2D eigenvalue weighted by molar-refractivity contribution is 6.06. The zero-order chi connectivity index (χ0) is 17.4. The summed E-state index contributed by atoms with van der Waals surface area (Å²) in [5, 5.41) is 7.70. The molecule has 124 valence electrons. The van der Waals surface area contributed by atoms with Gasteiger partial charge in [-0.15, -0.1) is 0 Å². The second-order valence-corrected chi connectivity index (χ2v) is 6.15. The number of fused-ring (bicyclic) bond motifs is 1. The lowest BCUT2D eigenvalue weighted by Crippen LogP contribution is -2.15. The minimum absolute atomic E-state index is 0.156. The van der Waals surface area contributed by atoms with E-state index >= 15 is 0 Å². The summed E-state index contributed by atoms with van der Waals surface area (Å²) in [6.07, 6.45) is 1.69. The Morgan fingerprint density at radius 1 is 1.25 bits per heavy atom. The molecule has 0 aliphatic heterocycles. The smallest absolute Gasteiger partial charge is 0.257 e. The number of aryl methyl sites for hydroxylation is 2. The number of anilines is 1. The third-order valence-corrected chi connectivity index (χ3v) is 3.87. The van der Waals surface area contributed by atoms with Crippen molar-refractivity contribution in [3.8, 4) is 0 Å². The summed E-state index contributed by atoms with van der Waals surface area (Å²) < 4.78 is 15.7. The lowest BCUT2D eigenvalue weighted by Gasteiger charge is -2.10. The minimum atomic E-state index is -0.456. The van der Waals surface area contributed by atoms with Gasteiger partial charge in [-0.3, -0.25) is 4.79 Å². The van der Waals surface area contributed by atoms with E-state index in [0.717, 1.165) is 16.6 Å². The number of benzene rings is 1. The summed E-state index contributed by atoms with van der Waals surface area (Å²) in [5.74, 6) is -0.843. The maximum atomic E-state index is 13.9. The molecular weight excluding hydrogens is 307 g/mol. The fourth-order valence-electron chi connectivity index (χ4n) is 2.58. The third kappa shape index (κ3) is 2.87. The molecule has 2 heterocycles. The molecule has 6 heteroatoms. The Kier molecular flexibility index (Phi) is 4.05. The van der Waals surface area contributed by atoms with Gasteiger partial charge >= 0.3 is 0 Å². The third-order valence-electron chi connectivity index (χ3n) is 3.87. The summed E-state index contributed by atoms with van der Waals surface area (Å²) in [7, 11) is 0. The maximum Gasteiger partial charge on any atom is 0.257 e. The number of rotatable bonds is 3. The van der Waals surface area contributed by atoms with Crippen molar-refractivity contribution in [2.24, 2.45) is 0 Å². The number of pyridine rings is 1. The molecule has 0 atom stereocenters. The van der Waals surface area contributed by atoms with Gasteiger partial charge < -0.3 is 5.32 Å². The number of hydrogen-bond acceptors (Lipinski definition) is 3. The Labute approximate surface area is 139 Å². The van der Waals surface area contributed by atoms with Gasteiger partial charge in [-0.2, -0.15) is 5.10 Å². The molecule has 0 saturated carbocycles. The van der Waals surface area contributed by atoms with Crippen LogP contribution < -0.4 is 5.32 Å². The van der Waals surface area contributed by atoms with Gasteiger partial charge in [0, 0.05) is 11.4 Å². The Balaban J connectivity index is 1.96. The summed E-state index contributed by atoms with van der Waals surface area (Å²) in [4.78, 5) is 17.0. The predicted molar refractivity (Wildman–Crippen MR) is 91.7 cm³/mol. The molecule has 3 aromatic rings. The lowest BCUT2D eigenvalue weighted by atomic mass is 10.1. The number of hydrogen-bond donors (Lipinski definition) is 1. The summed E-state index contributed by atoms with van der Waals surface area (Å²) >= 11 is 0. The van der Waals surface area contributed by atoms with Crippen molar-refractivity contribution in [1.82, 2.24) is 14.8 Å². The Morgan fingerprint density at radius 3 is 2.67 bits per heavy atom. The first-order chi connectivity index (χ1) is 11.4. The van der Waals surface area contributed by atoms with E-state index in [9.17, 15) is 9.18 Å². The number of aromatic nitrogens is 3. The molecule has 5 nitrogen and oxygen atoms in total. The number of amides is 1. The quantitative estimate of drug-likeness (QED) is 0.791. The molecule has 0 unspecified atom stereocenters. The SMILES string of the molecule is Cc1ccc(NC(=O)c2cc3cnn(C(C)C)c3nc2C)c(F)c1. The van der Waals surface area contributed by atoms with Crippen LogP contribution in [0.4, 0.5) is 10.1 Å². The summed E-state index contributed by atoms with van der Waals surface area (Å²) in [6, 6.07) is 6.61. The summed E-state index contributed by atoms with van der Waals surface area (Å²) in [6.45, 7) is 7.59. The van der Waals surface area contributed by atoms with E-state index in [0.29, 0.717) is 11.3 Å². The van der Waals surface area contributed by atoms with Gasteiger partial charge in [-0.25, -0.2) is 14.1 Å². The van der Waals surface area contributed by atoms with Gasteiger partial charge in [0.05, 0.1) is 23.1 Å². The topological polar surface area (TPSA) is 59.8 Å². The van der Waals surface area contributed by atoms with Crippen LogP contribution in [0.15, 0.2) is 30.5 Å². The molecule has 1 amide bonds. The molecular formula is C18H19FN4O. The van der Waals surface area contributed by atoms with Crippen LogP contribution in [0, 0.1) is 19.7 Å². The van der Waals surface area contributed by atoms with E-state index < -0.39 is 5.82 Å². The van der Waals surface area contributed by atoms with Crippen molar-refractivity contribution in [3.05, 3.63) is 53.1 Å². The number of carbonyl (C=O) groups is 1. The van der Waals surface area contributed by atoms with Crippen molar-refractivity contribution in [1.29, 1.82) is 0 Å². The molecule has 3 rings (SSSR count). The highest BCUT2D eigenvalue weighted by Gasteiger charge is 2.16. The molecule has 0 aliphatic carbocycles. The van der Waals surface area contributed by atoms with Crippen LogP contribution >= 0.6 is 0 Å². The second kappa shape index (κ2) is 6.03. The molecule has 0 saturated heterocycles. The normalized spacial score (nSPS) is 11.2. The number of nitrogens with zero attached hydrogens (tertiary/aromatic N) is 3. The van der Waals surface area contributed by atoms with Crippen LogP contribution in [0.2, 0.25) is 0 Å². The number of nitrogens with one attached hydrogen (secondary N) is 1. The van der Waals surface area contributed by atoms with E-state index in [-0.39, 0.29) is 17.6 Å². The van der Waals surface area contributed by atoms with Crippen LogP contribution in [-0.2, 0) is 0 Å². The van der Waals surface area contributed by atoms with Gasteiger partial charge in [0.1, 0.15) is 5.82 Å². The monoisotopic (exact) mass is 326 g/mol. The van der Waals surface area contributed by atoms with Gasteiger partial charge in [0.2, 0.25) is 0 Å². The van der Waals surface area contributed by atoms with Crippen molar-refractivity contribution in [2.75, 3.05) is 5.32 Å². The standard InChI is InChI=1S/C18H19FN4O/c1-10(2)23-17-13(9-20-23)8-14(12(4)21-17)18(24)22-16-6-5-11(3)7-15(16)19/h5-10H,1-4H3,(H,22,24). The molecule has 1 aromatic carbocycles. The molecule has 0 bridgehead atoms. The van der Waals surface area contributed by atoms with Crippen LogP contribution in [0.3, 0.4) is 0 Å². The minimum Gasteiger partial charge on any atom is -0.319 e. The molecule has 0 spiro atoms. The van der Waals surface area contributed by atoms with Crippen LogP contribution in [0.1, 0.15) is 41.5 Å². The molecule has 0 radical (unpaired) electrons. The van der Waals surface area contributed by atoms with Crippen molar-refractivity contribution in [3.63, 3.8) is 0 Å². The average Bonchev–Trinajstić information content (AvgIpc) is 2.92. The molecule has 24 heavy (non-hydrogen) atoms. The fraction of sp³-hybridized carbons (Fsp3) is 0.278. The zero-order valence-electron chi connectivity index (χ0n) is 14.1. The average molecular weight is 326 g/mol. The number of carbonyl (C=O) groups excluding carboxylic acids is 1. The van der Waals surface area contributed by atoms with Crippen molar-refractivity contribution < 1.29 is 9.18 Å².